The second kappa shape index (κ2) is 8.31. The third-order valence-corrected chi connectivity index (χ3v) is 3.82. The number of ether oxygens (including phenoxy) is 2. The van der Waals surface area contributed by atoms with Crippen LogP contribution in [-0.4, -0.2) is 39.6 Å². The zero-order chi connectivity index (χ0) is 19.2. The summed E-state index contributed by atoms with van der Waals surface area (Å²) in [4.78, 5) is 24.5. The van der Waals surface area contributed by atoms with Gasteiger partial charge in [-0.25, -0.2) is 4.68 Å². The fourth-order valence-corrected chi connectivity index (χ4v) is 2.53. The Hall–Kier alpha value is -3.42. The molecule has 0 fully saturated rings. The molecule has 1 amide bonds. The van der Waals surface area contributed by atoms with Crippen molar-refractivity contribution in [1.29, 1.82) is 0 Å². The van der Waals surface area contributed by atoms with Crippen LogP contribution >= 0.6 is 0 Å². The third-order valence-electron chi connectivity index (χ3n) is 3.82. The molecule has 2 aromatic carbocycles. The molecule has 0 saturated heterocycles. The Labute approximate surface area is 156 Å². The number of para-hydroxylation sites is 3. The van der Waals surface area contributed by atoms with Crippen LogP contribution in [0.3, 0.4) is 0 Å². The van der Waals surface area contributed by atoms with Crippen molar-refractivity contribution in [2.75, 3.05) is 11.9 Å². The number of amides is 1. The van der Waals surface area contributed by atoms with E-state index in [0.717, 1.165) is 5.52 Å². The van der Waals surface area contributed by atoms with Gasteiger partial charge in [-0.05, 0) is 38.1 Å². The van der Waals surface area contributed by atoms with E-state index in [1.54, 1.807) is 24.3 Å². The summed E-state index contributed by atoms with van der Waals surface area (Å²) in [6.07, 6.45) is -0.970. The van der Waals surface area contributed by atoms with Crippen LogP contribution in [-0.2, 0) is 20.9 Å². The minimum atomic E-state index is -0.970. The van der Waals surface area contributed by atoms with E-state index < -0.39 is 18.0 Å². The molecule has 3 rings (SSSR count). The maximum atomic E-state index is 12.3. The molecule has 8 nitrogen and oxygen atoms in total. The molecule has 1 aromatic heterocycles. The van der Waals surface area contributed by atoms with Crippen LogP contribution in [0.2, 0.25) is 0 Å². The molecular weight excluding hydrogens is 348 g/mol. The molecule has 0 radical (unpaired) electrons. The maximum absolute atomic E-state index is 12.3. The van der Waals surface area contributed by atoms with E-state index in [9.17, 15) is 9.59 Å². The fraction of sp³-hybridized carbons (Fsp3) is 0.263. The Morgan fingerprint density at radius 2 is 1.89 bits per heavy atom. The number of esters is 1. The molecule has 1 unspecified atom stereocenters. The van der Waals surface area contributed by atoms with Gasteiger partial charge in [-0.2, -0.15) is 0 Å². The summed E-state index contributed by atoms with van der Waals surface area (Å²) in [7, 11) is 0. The number of anilines is 1. The molecule has 0 aliphatic rings. The minimum Gasteiger partial charge on any atom is -0.492 e. The average molecular weight is 368 g/mol. The van der Waals surface area contributed by atoms with Crippen molar-refractivity contribution in [2.45, 2.75) is 26.5 Å². The first kappa shape index (κ1) is 18.4. The van der Waals surface area contributed by atoms with Gasteiger partial charge in [0, 0.05) is 0 Å². The first-order chi connectivity index (χ1) is 13.1. The van der Waals surface area contributed by atoms with Crippen molar-refractivity contribution in [1.82, 2.24) is 15.0 Å². The van der Waals surface area contributed by atoms with Gasteiger partial charge >= 0.3 is 5.97 Å². The van der Waals surface area contributed by atoms with E-state index in [-0.39, 0.29) is 6.54 Å². The lowest BCUT2D eigenvalue weighted by Gasteiger charge is -2.15. The van der Waals surface area contributed by atoms with E-state index >= 15 is 0 Å². The highest BCUT2D eigenvalue weighted by atomic mass is 16.5. The zero-order valence-corrected chi connectivity index (χ0v) is 15.1. The van der Waals surface area contributed by atoms with Crippen molar-refractivity contribution in [2.24, 2.45) is 0 Å². The highest BCUT2D eigenvalue weighted by Gasteiger charge is 2.20. The molecule has 27 heavy (non-hydrogen) atoms. The van der Waals surface area contributed by atoms with E-state index in [1.165, 1.54) is 11.6 Å². The van der Waals surface area contributed by atoms with Crippen molar-refractivity contribution >= 4 is 28.6 Å². The first-order valence-electron chi connectivity index (χ1n) is 8.59. The normalized spacial score (nSPS) is 11.8. The smallest absolute Gasteiger partial charge is 0.328 e. The van der Waals surface area contributed by atoms with Crippen LogP contribution in [0.15, 0.2) is 48.5 Å². The Morgan fingerprint density at radius 1 is 1.15 bits per heavy atom. The molecule has 1 heterocycles. The zero-order valence-electron chi connectivity index (χ0n) is 15.1. The second-order valence-corrected chi connectivity index (χ2v) is 5.79. The molecule has 1 atom stereocenters. The number of nitrogens with one attached hydrogen (secondary N) is 1. The van der Waals surface area contributed by atoms with Crippen LogP contribution < -0.4 is 10.1 Å². The quantitative estimate of drug-likeness (QED) is 0.644. The molecule has 0 aliphatic heterocycles. The number of aromatic nitrogens is 3. The van der Waals surface area contributed by atoms with Gasteiger partial charge in [0.25, 0.3) is 5.91 Å². The summed E-state index contributed by atoms with van der Waals surface area (Å²) in [6, 6.07) is 14.4. The van der Waals surface area contributed by atoms with Crippen LogP contribution in [0, 0.1) is 0 Å². The van der Waals surface area contributed by atoms with Crippen LogP contribution in [0.1, 0.15) is 13.8 Å². The van der Waals surface area contributed by atoms with Gasteiger partial charge in [-0.15, -0.1) is 5.10 Å². The van der Waals surface area contributed by atoms with Gasteiger partial charge in [0.15, 0.2) is 6.10 Å². The predicted octanol–water partition coefficient (Wildman–Crippen LogP) is 2.40. The Kier molecular flexibility index (Phi) is 5.65. The molecule has 0 spiro atoms. The molecular formula is C19H20N4O4. The van der Waals surface area contributed by atoms with Crippen LogP contribution in [0.4, 0.5) is 5.69 Å². The van der Waals surface area contributed by atoms with Crippen molar-refractivity contribution in [3.63, 3.8) is 0 Å². The van der Waals surface area contributed by atoms with Gasteiger partial charge in [0.05, 0.1) is 17.8 Å². The highest BCUT2D eigenvalue weighted by molar-refractivity contribution is 5.96. The second-order valence-electron chi connectivity index (χ2n) is 5.79. The van der Waals surface area contributed by atoms with Crippen LogP contribution in [0.25, 0.3) is 11.0 Å². The Balaban J connectivity index is 1.60. The van der Waals surface area contributed by atoms with E-state index in [4.69, 9.17) is 9.47 Å². The number of benzene rings is 2. The monoisotopic (exact) mass is 368 g/mol. The number of hydrogen-bond acceptors (Lipinski definition) is 6. The molecule has 3 aromatic rings. The molecule has 0 saturated carbocycles. The number of carbonyl (C=O) groups excluding carboxylic acids is 2. The van der Waals surface area contributed by atoms with Gasteiger partial charge in [-0.1, -0.05) is 29.5 Å². The topological polar surface area (TPSA) is 95.3 Å². The van der Waals surface area contributed by atoms with E-state index in [1.807, 2.05) is 31.2 Å². The van der Waals surface area contributed by atoms with E-state index in [2.05, 4.69) is 15.6 Å². The number of nitrogens with zero attached hydrogens (tertiary/aromatic N) is 3. The number of hydrogen-bond donors (Lipinski definition) is 1. The lowest BCUT2D eigenvalue weighted by molar-refractivity contribution is -0.153. The minimum absolute atomic E-state index is 0.131. The predicted molar refractivity (Wildman–Crippen MR) is 99.3 cm³/mol. The van der Waals surface area contributed by atoms with Gasteiger partial charge in [0.1, 0.15) is 17.8 Å². The molecule has 8 heteroatoms. The summed E-state index contributed by atoms with van der Waals surface area (Å²) in [5.41, 5.74) is 1.93. The number of carbonyl (C=O) groups is 2. The fourth-order valence-electron chi connectivity index (χ4n) is 2.53. The standard InChI is InChI=1S/C19H20N4O4/c1-3-26-17-11-7-5-9-15(17)20-19(25)13(2)27-18(24)12-23-16-10-6-4-8-14(16)21-22-23/h4-11,13H,3,12H2,1-2H3,(H,20,25). The third kappa shape index (κ3) is 4.41. The summed E-state index contributed by atoms with van der Waals surface area (Å²) in [5.74, 6) is -0.466. The van der Waals surface area contributed by atoms with Crippen molar-refractivity contribution < 1.29 is 19.1 Å². The number of rotatable bonds is 7. The Morgan fingerprint density at radius 3 is 2.70 bits per heavy atom. The molecule has 0 bridgehead atoms. The van der Waals surface area contributed by atoms with Crippen LogP contribution in [0.5, 0.6) is 5.75 Å². The lowest BCUT2D eigenvalue weighted by atomic mass is 10.2. The molecule has 1 N–H and O–H groups in total. The average Bonchev–Trinajstić information content (AvgIpc) is 3.06. The van der Waals surface area contributed by atoms with Gasteiger partial charge < -0.3 is 14.8 Å². The Bertz CT molecular complexity index is 954. The summed E-state index contributed by atoms with van der Waals surface area (Å²) >= 11 is 0. The van der Waals surface area contributed by atoms with E-state index in [0.29, 0.717) is 23.6 Å². The van der Waals surface area contributed by atoms with Gasteiger partial charge in [0.2, 0.25) is 0 Å². The summed E-state index contributed by atoms with van der Waals surface area (Å²) in [6.45, 7) is 3.71. The molecule has 0 aliphatic carbocycles. The molecule has 140 valence electrons. The van der Waals surface area contributed by atoms with Gasteiger partial charge in [-0.3, -0.25) is 9.59 Å². The maximum Gasteiger partial charge on any atom is 0.328 e. The largest absolute Gasteiger partial charge is 0.492 e. The van der Waals surface area contributed by atoms with Crippen molar-refractivity contribution in [3.05, 3.63) is 48.5 Å². The lowest BCUT2D eigenvalue weighted by Crippen LogP contribution is -2.31. The summed E-state index contributed by atoms with van der Waals surface area (Å²) in [5, 5.41) is 10.6. The number of fused-ring (bicyclic) bond motifs is 1. The van der Waals surface area contributed by atoms with Crippen molar-refractivity contribution in [3.8, 4) is 5.75 Å². The summed E-state index contributed by atoms with van der Waals surface area (Å²) < 4.78 is 12.1. The first-order valence-corrected chi connectivity index (χ1v) is 8.59. The SMILES string of the molecule is CCOc1ccccc1NC(=O)C(C)OC(=O)Cn1nnc2ccccc21. The highest BCUT2D eigenvalue weighted by Crippen LogP contribution is 2.23.